The summed E-state index contributed by atoms with van der Waals surface area (Å²) in [6, 6.07) is 0. The first kappa shape index (κ1) is 22.9. The highest BCUT2D eigenvalue weighted by Gasteiger charge is 2.06. The van der Waals surface area contributed by atoms with E-state index in [0.717, 1.165) is 6.42 Å². The molecule has 0 bridgehead atoms. The number of rotatable bonds is 19. The van der Waals surface area contributed by atoms with Crippen LogP contribution in [0.4, 0.5) is 0 Å². The quantitative estimate of drug-likeness (QED) is 0.276. The first-order valence-corrected chi connectivity index (χ1v) is 10.6. The minimum absolute atomic E-state index is 0.339. The molecular formula is C21H44O2. The second-order valence-electron chi connectivity index (χ2n) is 7.30. The van der Waals surface area contributed by atoms with E-state index in [1.54, 1.807) is 0 Å². The van der Waals surface area contributed by atoms with Crippen molar-refractivity contribution in [1.29, 1.82) is 0 Å². The van der Waals surface area contributed by atoms with Gasteiger partial charge in [-0.2, -0.15) is 0 Å². The second-order valence-corrected chi connectivity index (χ2v) is 7.30. The Morgan fingerprint density at radius 1 is 0.522 bits per heavy atom. The van der Waals surface area contributed by atoms with Crippen molar-refractivity contribution >= 4 is 0 Å². The minimum Gasteiger partial charge on any atom is -0.396 e. The number of aliphatic hydroxyl groups is 2. The molecule has 0 radical (unpaired) electrons. The lowest BCUT2D eigenvalue weighted by atomic mass is 9.95. The molecule has 0 aromatic heterocycles. The minimum atomic E-state index is 0.339. The van der Waals surface area contributed by atoms with Crippen molar-refractivity contribution in [3.8, 4) is 0 Å². The summed E-state index contributed by atoms with van der Waals surface area (Å²) in [5, 5.41) is 18.2. The number of unbranched alkanes of at least 4 members (excludes halogenated alkanes) is 13. The molecule has 0 aromatic rings. The average molecular weight is 329 g/mol. The highest BCUT2D eigenvalue weighted by Crippen LogP contribution is 2.19. The summed E-state index contributed by atoms with van der Waals surface area (Å²) in [6.45, 7) is 2.99. The zero-order chi connectivity index (χ0) is 17.0. The summed E-state index contributed by atoms with van der Waals surface area (Å²) >= 11 is 0. The van der Waals surface area contributed by atoms with Crippen molar-refractivity contribution in [3.63, 3.8) is 0 Å². The lowest BCUT2D eigenvalue weighted by Crippen LogP contribution is -2.06. The number of hydrogen-bond acceptors (Lipinski definition) is 2. The van der Waals surface area contributed by atoms with Gasteiger partial charge in [0.15, 0.2) is 0 Å². The Labute approximate surface area is 146 Å². The van der Waals surface area contributed by atoms with Gasteiger partial charge in [-0.1, -0.05) is 96.8 Å². The van der Waals surface area contributed by atoms with E-state index in [1.807, 2.05) is 0 Å². The largest absolute Gasteiger partial charge is 0.396 e. The SMILES string of the molecule is CCCCCCCCCCCC(CO)CCCCCCCCO. The molecule has 0 fully saturated rings. The third-order valence-corrected chi connectivity index (χ3v) is 4.99. The molecule has 0 aliphatic rings. The molecule has 2 heteroatoms. The summed E-state index contributed by atoms with van der Waals surface area (Å²) in [5.74, 6) is 0.539. The van der Waals surface area contributed by atoms with Gasteiger partial charge in [0, 0.05) is 13.2 Å². The van der Waals surface area contributed by atoms with E-state index in [4.69, 9.17) is 5.11 Å². The Kier molecular flexibility index (Phi) is 19.9. The number of hydrogen-bond donors (Lipinski definition) is 2. The third kappa shape index (κ3) is 18.1. The third-order valence-electron chi connectivity index (χ3n) is 4.99. The zero-order valence-electron chi connectivity index (χ0n) is 15.9. The van der Waals surface area contributed by atoms with Gasteiger partial charge in [-0.3, -0.25) is 0 Å². The monoisotopic (exact) mass is 328 g/mol. The van der Waals surface area contributed by atoms with Crippen molar-refractivity contribution in [2.75, 3.05) is 13.2 Å². The van der Waals surface area contributed by atoms with Crippen molar-refractivity contribution in [3.05, 3.63) is 0 Å². The van der Waals surface area contributed by atoms with E-state index in [9.17, 15) is 5.11 Å². The Balaban J connectivity index is 3.28. The van der Waals surface area contributed by atoms with Crippen LogP contribution in [0.25, 0.3) is 0 Å². The van der Waals surface area contributed by atoms with E-state index < -0.39 is 0 Å². The Bertz CT molecular complexity index is 206. The van der Waals surface area contributed by atoms with Crippen LogP contribution in [-0.2, 0) is 0 Å². The van der Waals surface area contributed by atoms with Gasteiger partial charge < -0.3 is 10.2 Å². The van der Waals surface area contributed by atoms with Gasteiger partial charge in [-0.15, -0.1) is 0 Å². The van der Waals surface area contributed by atoms with Crippen LogP contribution in [-0.4, -0.2) is 23.4 Å². The van der Waals surface area contributed by atoms with Gasteiger partial charge in [0.05, 0.1) is 0 Å². The van der Waals surface area contributed by atoms with E-state index in [1.165, 1.54) is 103 Å². The Hall–Kier alpha value is -0.0800. The summed E-state index contributed by atoms with van der Waals surface area (Å²) in [7, 11) is 0. The average Bonchev–Trinajstić information content (AvgIpc) is 2.57. The van der Waals surface area contributed by atoms with Crippen LogP contribution in [0.15, 0.2) is 0 Å². The molecule has 0 heterocycles. The van der Waals surface area contributed by atoms with Gasteiger partial charge >= 0.3 is 0 Å². The van der Waals surface area contributed by atoms with Crippen molar-refractivity contribution in [1.82, 2.24) is 0 Å². The Morgan fingerprint density at radius 3 is 1.30 bits per heavy atom. The lowest BCUT2D eigenvalue weighted by Gasteiger charge is -2.13. The lowest BCUT2D eigenvalue weighted by molar-refractivity contribution is 0.204. The van der Waals surface area contributed by atoms with Crippen LogP contribution >= 0.6 is 0 Å². The van der Waals surface area contributed by atoms with Crippen molar-refractivity contribution < 1.29 is 10.2 Å². The molecule has 2 nitrogen and oxygen atoms in total. The van der Waals surface area contributed by atoms with E-state index in [0.29, 0.717) is 19.1 Å². The fourth-order valence-corrected chi connectivity index (χ4v) is 3.32. The summed E-state index contributed by atoms with van der Waals surface area (Å²) < 4.78 is 0. The van der Waals surface area contributed by atoms with Crippen molar-refractivity contribution in [2.24, 2.45) is 5.92 Å². The van der Waals surface area contributed by atoms with E-state index in [2.05, 4.69) is 6.92 Å². The standard InChI is InChI=1S/C21H44O2/c1-2-3-4-5-6-7-8-11-14-17-21(20-23)18-15-12-9-10-13-16-19-22/h21-23H,2-20H2,1H3. The van der Waals surface area contributed by atoms with E-state index >= 15 is 0 Å². The molecule has 0 aromatic carbocycles. The van der Waals surface area contributed by atoms with Crippen LogP contribution in [0.1, 0.15) is 116 Å². The molecule has 0 spiro atoms. The molecule has 0 saturated carbocycles. The summed E-state index contributed by atoms with van der Waals surface area (Å²) in [6.07, 6.45) is 22.1. The summed E-state index contributed by atoms with van der Waals surface area (Å²) in [4.78, 5) is 0. The first-order valence-electron chi connectivity index (χ1n) is 10.6. The predicted octanol–water partition coefficient (Wildman–Crippen LogP) is 6.24. The highest BCUT2D eigenvalue weighted by atomic mass is 16.3. The molecule has 140 valence electrons. The second kappa shape index (κ2) is 20.0. The van der Waals surface area contributed by atoms with Crippen LogP contribution in [0.2, 0.25) is 0 Å². The van der Waals surface area contributed by atoms with Gasteiger partial charge in [-0.05, 0) is 25.2 Å². The predicted molar refractivity (Wildman–Crippen MR) is 102 cm³/mol. The molecule has 1 atom stereocenters. The smallest absolute Gasteiger partial charge is 0.0459 e. The molecule has 2 N–H and O–H groups in total. The first-order chi connectivity index (χ1) is 11.3. The maximum atomic E-state index is 9.49. The maximum Gasteiger partial charge on any atom is 0.0459 e. The van der Waals surface area contributed by atoms with Crippen molar-refractivity contribution in [2.45, 2.75) is 116 Å². The molecule has 1 unspecified atom stereocenters. The Morgan fingerprint density at radius 2 is 0.913 bits per heavy atom. The molecule has 0 amide bonds. The van der Waals surface area contributed by atoms with Gasteiger partial charge in [-0.25, -0.2) is 0 Å². The van der Waals surface area contributed by atoms with E-state index in [-0.39, 0.29) is 0 Å². The zero-order valence-corrected chi connectivity index (χ0v) is 15.9. The summed E-state index contributed by atoms with van der Waals surface area (Å²) in [5.41, 5.74) is 0. The van der Waals surface area contributed by atoms with Crippen LogP contribution in [0.5, 0.6) is 0 Å². The van der Waals surface area contributed by atoms with Gasteiger partial charge in [0.1, 0.15) is 0 Å². The molecular weight excluding hydrogens is 284 g/mol. The molecule has 0 saturated heterocycles. The normalized spacial score (nSPS) is 12.7. The molecule has 0 rings (SSSR count). The number of aliphatic hydroxyl groups excluding tert-OH is 2. The van der Waals surface area contributed by atoms with Gasteiger partial charge in [0.2, 0.25) is 0 Å². The highest BCUT2D eigenvalue weighted by molar-refractivity contribution is 4.59. The molecule has 0 aliphatic carbocycles. The van der Waals surface area contributed by atoms with Crippen LogP contribution in [0.3, 0.4) is 0 Å². The fraction of sp³-hybridized carbons (Fsp3) is 1.00. The fourth-order valence-electron chi connectivity index (χ4n) is 3.32. The molecule has 0 aliphatic heterocycles. The van der Waals surface area contributed by atoms with Crippen LogP contribution in [0, 0.1) is 5.92 Å². The van der Waals surface area contributed by atoms with Gasteiger partial charge in [0.25, 0.3) is 0 Å². The van der Waals surface area contributed by atoms with Crippen LogP contribution < -0.4 is 0 Å². The maximum absolute atomic E-state index is 9.49. The topological polar surface area (TPSA) is 40.5 Å². The molecule has 23 heavy (non-hydrogen) atoms.